The zero-order valence-corrected chi connectivity index (χ0v) is 9.37. The van der Waals surface area contributed by atoms with Crippen molar-refractivity contribution in [3.63, 3.8) is 0 Å². The molecule has 1 unspecified atom stereocenters. The third-order valence-corrected chi connectivity index (χ3v) is 3.50. The Morgan fingerprint density at radius 3 is 2.75 bits per heavy atom. The lowest BCUT2D eigenvalue weighted by Gasteiger charge is -2.30. The number of rotatable bonds is 2. The van der Waals surface area contributed by atoms with Gasteiger partial charge in [0, 0.05) is 25.0 Å². The predicted molar refractivity (Wildman–Crippen MR) is 59.5 cm³/mol. The second-order valence-electron chi connectivity index (χ2n) is 4.77. The zero-order valence-electron chi connectivity index (χ0n) is 9.37. The molecule has 1 aliphatic heterocycles. The Hall–Kier alpha value is -1.10. The summed E-state index contributed by atoms with van der Waals surface area (Å²) in [6.07, 6.45) is 4.53. The molecule has 5 heteroatoms. The van der Waals surface area contributed by atoms with E-state index < -0.39 is 0 Å². The number of hydrogen-bond acceptors (Lipinski definition) is 3. The average molecular weight is 225 g/mol. The number of carbonyl (C=O) groups excluding carboxylic acids is 2. The summed E-state index contributed by atoms with van der Waals surface area (Å²) in [5, 5.41) is 5.64. The van der Waals surface area contributed by atoms with Gasteiger partial charge < -0.3 is 16.4 Å². The van der Waals surface area contributed by atoms with Gasteiger partial charge in [-0.05, 0) is 12.8 Å². The van der Waals surface area contributed by atoms with E-state index in [1.165, 1.54) is 0 Å². The summed E-state index contributed by atoms with van der Waals surface area (Å²) >= 11 is 0. The van der Waals surface area contributed by atoms with Gasteiger partial charge in [0.05, 0.1) is 5.92 Å². The van der Waals surface area contributed by atoms with Gasteiger partial charge in [-0.15, -0.1) is 0 Å². The Balaban J connectivity index is 1.84. The van der Waals surface area contributed by atoms with Crippen molar-refractivity contribution in [3.8, 4) is 0 Å². The molecule has 2 amide bonds. The van der Waals surface area contributed by atoms with Crippen molar-refractivity contribution >= 4 is 11.8 Å². The molecule has 1 saturated carbocycles. The number of nitrogens with one attached hydrogen (secondary N) is 2. The monoisotopic (exact) mass is 225 g/mol. The lowest BCUT2D eigenvalue weighted by Crippen LogP contribution is -2.51. The molecule has 2 fully saturated rings. The van der Waals surface area contributed by atoms with Gasteiger partial charge >= 0.3 is 0 Å². The molecule has 1 aliphatic carbocycles. The van der Waals surface area contributed by atoms with Crippen LogP contribution >= 0.6 is 0 Å². The molecule has 1 heterocycles. The summed E-state index contributed by atoms with van der Waals surface area (Å²) < 4.78 is 0. The van der Waals surface area contributed by atoms with Crippen LogP contribution in [0.1, 0.15) is 32.1 Å². The van der Waals surface area contributed by atoms with Gasteiger partial charge in [0.25, 0.3) is 0 Å². The van der Waals surface area contributed by atoms with E-state index in [0.717, 1.165) is 25.7 Å². The van der Waals surface area contributed by atoms with E-state index in [1.807, 2.05) is 0 Å². The van der Waals surface area contributed by atoms with E-state index in [9.17, 15) is 9.59 Å². The Labute approximate surface area is 95.1 Å². The van der Waals surface area contributed by atoms with Gasteiger partial charge in [-0.3, -0.25) is 9.59 Å². The highest BCUT2D eigenvalue weighted by Crippen LogP contribution is 2.18. The van der Waals surface area contributed by atoms with E-state index in [2.05, 4.69) is 10.6 Å². The largest absolute Gasteiger partial charge is 0.355 e. The number of nitrogens with two attached hydrogens (primary N) is 1. The minimum absolute atomic E-state index is 0.0271. The van der Waals surface area contributed by atoms with Crippen molar-refractivity contribution in [2.75, 3.05) is 6.54 Å². The van der Waals surface area contributed by atoms with E-state index in [4.69, 9.17) is 5.73 Å². The SMILES string of the molecule is N[C@@H]1CCCC[C@H]1NC(=O)C1CNC(=O)C1. The minimum Gasteiger partial charge on any atom is -0.355 e. The molecule has 0 spiro atoms. The summed E-state index contributed by atoms with van der Waals surface area (Å²) in [6, 6.07) is 0.166. The Morgan fingerprint density at radius 2 is 2.12 bits per heavy atom. The fourth-order valence-corrected chi connectivity index (χ4v) is 2.43. The first kappa shape index (κ1) is 11.4. The molecule has 0 aromatic carbocycles. The number of hydrogen-bond donors (Lipinski definition) is 3. The fourth-order valence-electron chi connectivity index (χ4n) is 2.43. The second kappa shape index (κ2) is 4.82. The van der Waals surface area contributed by atoms with Crippen LogP contribution in [0.3, 0.4) is 0 Å². The average Bonchev–Trinajstić information content (AvgIpc) is 2.68. The fraction of sp³-hybridized carbons (Fsp3) is 0.818. The van der Waals surface area contributed by atoms with E-state index in [-0.39, 0.29) is 29.8 Å². The van der Waals surface area contributed by atoms with Crippen molar-refractivity contribution in [1.29, 1.82) is 0 Å². The summed E-state index contributed by atoms with van der Waals surface area (Å²) in [5.74, 6) is -0.268. The highest BCUT2D eigenvalue weighted by atomic mass is 16.2. The third kappa shape index (κ3) is 2.52. The van der Waals surface area contributed by atoms with E-state index in [0.29, 0.717) is 13.0 Å². The maximum Gasteiger partial charge on any atom is 0.225 e. The van der Waals surface area contributed by atoms with Gasteiger partial charge in [-0.25, -0.2) is 0 Å². The Kier molecular flexibility index (Phi) is 3.43. The molecular weight excluding hydrogens is 206 g/mol. The highest BCUT2D eigenvalue weighted by molar-refractivity contribution is 5.89. The molecule has 90 valence electrons. The van der Waals surface area contributed by atoms with Gasteiger partial charge in [0.15, 0.2) is 0 Å². The Bertz CT molecular complexity index is 293. The molecule has 3 atom stereocenters. The van der Waals surface area contributed by atoms with Crippen LogP contribution in [0.25, 0.3) is 0 Å². The van der Waals surface area contributed by atoms with Gasteiger partial charge in [-0.1, -0.05) is 12.8 Å². The normalized spacial score (nSPS) is 34.6. The van der Waals surface area contributed by atoms with Crippen LogP contribution in [-0.2, 0) is 9.59 Å². The van der Waals surface area contributed by atoms with Crippen LogP contribution in [-0.4, -0.2) is 30.4 Å². The second-order valence-corrected chi connectivity index (χ2v) is 4.77. The van der Waals surface area contributed by atoms with Gasteiger partial charge in [0.1, 0.15) is 0 Å². The molecule has 4 N–H and O–H groups in total. The van der Waals surface area contributed by atoms with Crippen LogP contribution in [0.4, 0.5) is 0 Å². The molecule has 0 aromatic heterocycles. The quantitative estimate of drug-likeness (QED) is 0.593. The lowest BCUT2D eigenvalue weighted by atomic mass is 9.90. The predicted octanol–water partition coefficient (Wildman–Crippen LogP) is -0.491. The summed E-state index contributed by atoms with van der Waals surface area (Å²) in [4.78, 5) is 22.8. The molecule has 0 aromatic rings. The highest BCUT2D eigenvalue weighted by Gasteiger charge is 2.31. The zero-order chi connectivity index (χ0) is 11.5. The van der Waals surface area contributed by atoms with Crippen molar-refractivity contribution in [1.82, 2.24) is 10.6 Å². The van der Waals surface area contributed by atoms with Crippen molar-refractivity contribution < 1.29 is 9.59 Å². The number of carbonyl (C=O) groups is 2. The minimum atomic E-state index is -0.207. The number of amides is 2. The first-order chi connectivity index (χ1) is 7.66. The standard InChI is InChI=1S/C11H19N3O2/c12-8-3-1-2-4-9(8)14-11(16)7-5-10(15)13-6-7/h7-9H,1-6,12H2,(H,13,15)(H,14,16)/t7?,8-,9-/m1/s1. The molecule has 5 nitrogen and oxygen atoms in total. The van der Waals surface area contributed by atoms with Crippen molar-refractivity contribution in [3.05, 3.63) is 0 Å². The molecule has 1 saturated heterocycles. The van der Waals surface area contributed by atoms with E-state index in [1.54, 1.807) is 0 Å². The van der Waals surface area contributed by atoms with Crippen LogP contribution < -0.4 is 16.4 Å². The molecule has 2 aliphatic rings. The maximum absolute atomic E-state index is 11.8. The summed E-state index contributed by atoms with van der Waals surface area (Å²) in [6.45, 7) is 0.465. The first-order valence-electron chi connectivity index (χ1n) is 5.99. The molecule has 2 rings (SSSR count). The molecular formula is C11H19N3O2. The topological polar surface area (TPSA) is 84.2 Å². The molecule has 0 radical (unpaired) electrons. The van der Waals surface area contributed by atoms with Crippen molar-refractivity contribution in [2.45, 2.75) is 44.2 Å². The Morgan fingerprint density at radius 1 is 1.38 bits per heavy atom. The van der Waals surface area contributed by atoms with Crippen molar-refractivity contribution in [2.24, 2.45) is 11.7 Å². The van der Waals surface area contributed by atoms with Crippen LogP contribution in [0.2, 0.25) is 0 Å². The first-order valence-corrected chi connectivity index (χ1v) is 5.99. The maximum atomic E-state index is 11.8. The molecule has 0 bridgehead atoms. The van der Waals surface area contributed by atoms with Crippen LogP contribution in [0.15, 0.2) is 0 Å². The summed E-state index contributed by atoms with van der Waals surface area (Å²) in [7, 11) is 0. The molecule has 16 heavy (non-hydrogen) atoms. The smallest absolute Gasteiger partial charge is 0.225 e. The summed E-state index contributed by atoms with van der Waals surface area (Å²) in [5.41, 5.74) is 5.96. The van der Waals surface area contributed by atoms with Crippen LogP contribution in [0, 0.1) is 5.92 Å². The van der Waals surface area contributed by atoms with Crippen LogP contribution in [0.5, 0.6) is 0 Å². The van der Waals surface area contributed by atoms with E-state index >= 15 is 0 Å². The third-order valence-electron chi connectivity index (χ3n) is 3.50. The lowest BCUT2D eigenvalue weighted by molar-refractivity contribution is -0.127. The van der Waals surface area contributed by atoms with Gasteiger partial charge in [0.2, 0.25) is 11.8 Å². The van der Waals surface area contributed by atoms with Gasteiger partial charge in [-0.2, -0.15) is 0 Å².